The third kappa shape index (κ3) is 16.9. The summed E-state index contributed by atoms with van der Waals surface area (Å²) in [4.78, 5) is 10.6. The van der Waals surface area contributed by atoms with Crippen LogP contribution in [-0.2, 0) is 20.5 Å². The van der Waals surface area contributed by atoms with Crippen molar-refractivity contribution >= 4 is 17.0 Å². The molecule has 0 aliphatic rings. The predicted octanol–water partition coefficient (Wildman–Crippen LogP) is 0.0902. The minimum atomic E-state index is -3.12. The van der Waals surface area contributed by atoms with E-state index in [-0.39, 0.29) is 13.0 Å². The van der Waals surface area contributed by atoms with Crippen LogP contribution in [0.5, 0.6) is 0 Å². The van der Waals surface area contributed by atoms with Gasteiger partial charge in [-0.3, -0.25) is 4.55 Å². The van der Waals surface area contributed by atoms with Gasteiger partial charge in [0.25, 0.3) is 11.0 Å². The molecule has 1 N–H and O–H groups in total. The lowest BCUT2D eigenvalue weighted by Crippen LogP contribution is -2.05. The normalized spacial score (nSPS) is 8.14. The number of rotatable bonds is 3. The van der Waals surface area contributed by atoms with Gasteiger partial charge in [0.05, 0.1) is 12.5 Å². The monoisotopic (exact) mass is 221 g/mol. The molecule has 0 saturated carbocycles. The van der Waals surface area contributed by atoms with E-state index in [9.17, 15) is 4.79 Å². The summed E-state index contributed by atoms with van der Waals surface area (Å²) in [5.74, 6) is -0.435. The van der Waals surface area contributed by atoms with Crippen molar-refractivity contribution in [2.24, 2.45) is 0 Å². The molecule has 0 aromatic rings. The minimum Gasteiger partial charge on any atom is -0.461 e. The Morgan fingerprint density at radius 3 is 2.36 bits per heavy atom. The summed E-state index contributed by atoms with van der Waals surface area (Å²) in [6.07, 6.45) is 0.235. The Bertz CT molecular complexity index is 294. The molecule has 0 aliphatic heterocycles. The summed E-state index contributed by atoms with van der Waals surface area (Å²) in [6.45, 7) is 5.10. The molecule has 0 fully saturated rings. The van der Waals surface area contributed by atoms with E-state index in [1.807, 2.05) is 6.07 Å². The maximum atomic E-state index is 10.6. The number of nitriles is 1. The van der Waals surface area contributed by atoms with Crippen LogP contribution in [0.1, 0.15) is 13.3 Å². The summed E-state index contributed by atoms with van der Waals surface area (Å²) < 4.78 is 28.8. The highest BCUT2D eigenvalue weighted by Gasteiger charge is 2.00. The van der Waals surface area contributed by atoms with E-state index in [2.05, 4.69) is 11.3 Å². The maximum absolute atomic E-state index is 10.6. The molecule has 0 unspecified atom stereocenters. The van der Waals surface area contributed by atoms with Gasteiger partial charge in [-0.15, -0.1) is 0 Å². The number of hydrogen-bond acceptors (Lipinski definition) is 5. The van der Waals surface area contributed by atoms with Crippen molar-refractivity contribution in [3.8, 4) is 6.07 Å². The average Bonchev–Trinajstić information content (AvgIpc) is 2.03. The summed E-state index contributed by atoms with van der Waals surface area (Å²) in [6, 6.07) is 1.86. The molecular formula is C7H11NO5S. The van der Waals surface area contributed by atoms with Gasteiger partial charge in [-0.1, -0.05) is 6.58 Å². The quantitative estimate of drug-likeness (QED) is 0.230. The standard InChI is InChI=1S/C7H9NO2.H2O3S/c1-6(2)7(9)10-5-3-4-8;1-4(2)3/h1,3,5H2,2H3;4H,(H,1,2,3). The van der Waals surface area contributed by atoms with Crippen LogP contribution in [0.25, 0.3) is 0 Å². The van der Waals surface area contributed by atoms with E-state index < -0.39 is 17.0 Å². The zero-order chi connectivity index (χ0) is 11.6. The van der Waals surface area contributed by atoms with Crippen LogP contribution in [0.2, 0.25) is 0 Å². The molecule has 0 rings (SSSR count). The number of carbonyl (C=O) groups excluding carboxylic acids is 1. The number of thiol groups is 1. The molecule has 6 nitrogen and oxygen atoms in total. The molecule has 14 heavy (non-hydrogen) atoms. The summed E-state index contributed by atoms with van der Waals surface area (Å²) in [5.41, 5.74) is 0.359. The number of ether oxygens (including phenoxy) is 1. The van der Waals surface area contributed by atoms with Crippen LogP contribution >= 0.6 is 0 Å². The molecule has 0 amide bonds. The zero-order valence-electron chi connectivity index (χ0n) is 7.60. The Morgan fingerprint density at radius 2 is 2.07 bits per heavy atom. The lowest BCUT2D eigenvalue weighted by molar-refractivity contribution is -0.138. The Kier molecular flexibility index (Phi) is 10.5. The fourth-order valence-electron chi connectivity index (χ4n) is 0.313. The number of nitrogens with zero attached hydrogens (tertiary/aromatic N) is 1. The van der Waals surface area contributed by atoms with Crippen LogP contribution < -0.4 is 0 Å². The molecule has 0 heterocycles. The van der Waals surface area contributed by atoms with Gasteiger partial charge in [0.2, 0.25) is 0 Å². The Morgan fingerprint density at radius 1 is 1.64 bits per heavy atom. The number of carbonyl (C=O) groups is 1. The van der Waals surface area contributed by atoms with Crippen molar-refractivity contribution in [3.05, 3.63) is 12.2 Å². The largest absolute Gasteiger partial charge is 0.461 e. The Hall–Kier alpha value is -1.39. The smallest absolute Gasteiger partial charge is 0.333 e. The first kappa shape index (κ1) is 15.1. The van der Waals surface area contributed by atoms with E-state index in [0.717, 1.165) is 0 Å². The Balaban J connectivity index is 0. The Labute approximate surface area is 83.6 Å². The molecule has 80 valence electrons. The van der Waals surface area contributed by atoms with Gasteiger partial charge in [-0.2, -0.15) is 5.26 Å². The zero-order valence-corrected chi connectivity index (χ0v) is 8.49. The SMILES string of the molecule is C=C(C)C(=O)OCCC#N.O=[SH](=O)O. The van der Waals surface area contributed by atoms with Crippen LogP contribution in [0, 0.1) is 11.3 Å². The summed E-state index contributed by atoms with van der Waals surface area (Å²) >= 11 is 0. The highest BCUT2D eigenvalue weighted by Crippen LogP contribution is 1.91. The predicted molar refractivity (Wildman–Crippen MR) is 48.9 cm³/mol. The van der Waals surface area contributed by atoms with Crippen LogP contribution in [0.3, 0.4) is 0 Å². The molecule has 0 radical (unpaired) electrons. The molecule has 0 bridgehead atoms. The second kappa shape index (κ2) is 9.70. The topological polar surface area (TPSA) is 104 Å². The molecule has 0 aromatic carbocycles. The number of hydrogen-bond donors (Lipinski definition) is 2. The second-order valence-electron chi connectivity index (χ2n) is 2.06. The lowest BCUT2D eigenvalue weighted by Gasteiger charge is -1.98. The van der Waals surface area contributed by atoms with Gasteiger partial charge in [-0.05, 0) is 6.92 Å². The summed E-state index contributed by atoms with van der Waals surface area (Å²) in [7, 11) is -3.12. The lowest BCUT2D eigenvalue weighted by atomic mass is 10.4. The van der Waals surface area contributed by atoms with E-state index >= 15 is 0 Å². The van der Waals surface area contributed by atoms with Gasteiger partial charge in [-0.25, -0.2) is 13.2 Å². The fourth-order valence-corrected chi connectivity index (χ4v) is 0.313. The first-order valence-electron chi connectivity index (χ1n) is 3.44. The maximum Gasteiger partial charge on any atom is 0.333 e. The van der Waals surface area contributed by atoms with Gasteiger partial charge >= 0.3 is 5.97 Å². The molecular weight excluding hydrogens is 210 g/mol. The van der Waals surface area contributed by atoms with E-state index in [4.69, 9.17) is 18.2 Å². The third-order valence-electron chi connectivity index (χ3n) is 0.795. The van der Waals surface area contributed by atoms with E-state index in [1.165, 1.54) is 0 Å². The average molecular weight is 221 g/mol. The molecule has 0 aliphatic carbocycles. The number of esters is 1. The van der Waals surface area contributed by atoms with Gasteiger partial charge in [0, 0.05) is 5.57 Å². The fraction of sp³-hybridized carbons (Fsp3) is 0.429. The molecule has 0 spiro atoms. The van der Waals surface area contributed by atoms with Crippen LogP contribution in [0.4, 0.5) is 0 Å². The van der Waals surface area contributed by atoms with Gasteiger partial charge < -0.3 is 4.74 Å². The third-order valence-corrected chi connectivity index (χ3v) is 0.795. The van der Waals surface area contributed by atoms with Gasteiger partial charge in [0.1, 0.15) is 6.61 Å². The first-order chi connectivity index (χ1) is 6.41. The van der Waals surface area contributed by atoms with Gasteiger partial charge in [0.15, 0.2) is 0 Å². The first-order valence-corrected chi connectivity index (χ1v) is 4.57. The van der Waals surface area contributed by atoms with Crippen LogP contribution in [0.15, 0.2) is 12.2 Å². The molecule has 0 atom stereocenters. The van der Waals surface area contributed by atoms with Crippen molar-refractivity contribution < 1.29 is 22.5 Å². The molecule has 0 saturated heterocycles. The second-order valence-corrected chi connectivity index (χ2v) is 2.54. The minimum absolute atomic E-state index is 0.155. The van der Waals surface area contributed by atoms with Crippen molar-refractivity contribution in [1.29, 1.82) is 5.26 Å². The van der Waals surface area contributed by atoms with E-state index in [0.29, 0.717) is 5.57 Å². The van der Waals surface area contributed by atoms with Crippen molar-refractivity contribution in [1.82, 2.24) is 0 Å². The van der Waals surface area contributed by atoms with Crippen molar-refractivity contribution in [2.75, 3.05) is 6.61 Å². The van der Waals surface area contributed by atoms with Crippen molar-refractivity contribution in [2.45, 2.75) is 13.3 Å². The van der Waals surface area contributed by atoms with E-state index in [1.54, 1.807) is 6.92 Å². The highest BCUT2D eigenvalue weighted by molar-refractivity contribution is 7.66. The highest BCUT2D eigenvalue weighted by atomic mass is 32.2. The van der Waals surface area contributed by atoms with Crippen LogP contribution in [-0.4, -0.2) is 25.5 Å². The van der Waals surface area contributed by atoms with Crippen molar-refractivity contribution in [3.63, 3.8) is 0 Å². The summed E-state index contributed by atoms with van der Waals surface area (Å²) in [5, 5.41) is 8.05. The molecule has 0 aromatic heterocycles. The molecule has 7 heteroatoms.